The molecule has 142 valence electrons. The molecule has 0 radical (unpaired) electrons. The smallest absolute Gasteiger partial charge is 0.352 e. The number of carboxylic acids is 1. The number of nitrogens with two attached hydrogens (primary N) is 2. The molecule has 4 atom stereocenters. The maximum absolute atomic E-state index is 12.3. The predicted molar refractivity (Wildman–Crippen MR) is 90.4 cm³/mol. The van der Waals surface area contributed by atoms with Gasteiger partial charge in [-0.25, -0.2) is 4.79 Å². The van der Waals surface area contributed by atoms with Crippen LogP contribution in [0.2, 0.25) is 0 Å². The van der Waals surface area contributed by atoms with Gasteiger partial charge in [0.15, 0.2) is 5.96 Å². The minimum atomic E-state index is -1.18. The molecule has 3 aliphatic heterocycles. The first-order valence-electron chi connectivity index (χ1n) is 8.54. The molecule has 10 heteroatoms. The molecule has 3 heterocycles. The molecule has 6 N–H and O–H groups in total. The van der Waals surface area contributed by atoms with E-state index in [1.54, 1.807) is 11.8 Å². The van der Waals surface area contributed by atoms with E-state index in [0.29, 0.717) is 18.5 Å². The van der Waals surface area contributed by atoms with Gasteiger partial charge in [-0.1, -0.05) is 0 Å². The normalized spacial score (nSPS) is 28.2. The number of aliphatic hydroxyl groups is 1. The molecular formula is C16H23N5O5. The lowest BCUT2D eigenvalue weighted by atomic mass is 9.74. The number of likely N-dealkylation sites (tertiary alicyclic amines) is 1. The van der Waals surface area contributed by atoms with Crippen molar-refractivity contribution < 1.29 is 24.6 Å². The molecule has 0 saturated carbocycles. The number of guanidine groups is 1. The summed E-state index contributed by atoms with van der Waals surface area (Å²) in [6.45, 7) is 2.34. The quantitative estimate of drug-likeness (QED) is 0.250. The van der Waals surface area contributed by atoms with Crippen LogP contribution >= 0.6 is 0 Å². The molecule has 0 aromatic heterocycles. The van der Waals surface area contributed by atoms with E-state index in [9.17, 15) is 24.6 Å². The van der Waals surface area contributed by atoms with Crippen LogP contribution in [-0.4, -0.2) is 75.5 Å². The van der Waals surface area contributed by atoms with Crippen LogP contribution in [0.5, 0.6) is 0 Å². The number of carbonyl (C=O) groups excluding carboxylic acids is 2. The van der Waals surface area contributed by atoms with Gasteiger partial charge < -0.3 is 31.5 Å². The zero-order valence-corrected chi connectivity index (χ0v) is 14.5. The van der Waals surface area contributed by atoms with E-state index in [0.717, 1.165) is 0 Å². The van der Waals surface area contributed by atoms with Gasteiger partial charge in [0.05, 0.1) is 24.6 Å². The fourth-order valence-corrected chi connectivity index (χ4v) is 4.26. The monoisotopic (exact) mass is 365 g/mol. The number of aliphatic carboxylic acids is 1. The van der Waals surface area contributed by atoms with E-state index in [1.165, 1.54) is 4.90 Å². The number of fused-ring (bicyclic) bond motifs is 3. The summed E-state index contributed by atoms with van der Waals surface area (Å²) in [6.07, 6.45) is -0.157. The van der Waals surface area contributed by atoms with Crippen LogP contribution in [0.3, 0.4) is 0 Å². The SMILES string of the molecule is C[C@@H](O)[C@H]1C(=O)N2C(C(=O)O)=C3CN(C(=O)CCN=C(N)N)CC[C@@H]3[C@H]12. The third-order valence-corrected chi connectivity index (χ3v) is 5.36. The summed E-state index contributed by atoms with van der Waals surface area (Å²) in [5.41, 5.74) is 11.0. The first-order chi connectivity index (χ1) is 12.2. The Hall–Kier alpha value is -2.62. The largest absolute Gasteiger partial charge is 0.477 e. The number of aliphatic imine (C=N–C) groups is 1. The second-order valence-corrected chi connectivity index (χ2v) is 6.91. The molecule has 2 fully saturated rings. The number of piperidine rings is 1. The van der Waals surface area contributed by atoms with E-state index in [2.05, 4.69) is 4.99 Å². The minimum absolute atomic E-state index is 0.0383. The number of hydrogen-bond donors (Lipinski definition) is 4. The van der Waals surface area contributed by atoms with Crippen LogP contribution in [0.1, 0.15) is 19.8 Å². The lowest BCUT2D eigenvalue weighted by Gasteiger charge is -2.47. The second-order valence-electron chi connectivity index (χ2n) is 6.91. The first kappa shape index (κ1) is 18.2. The van der Waals surface area contributed by atoms with E-state index in [1.807, 2.05) is 0 Å². The highest BCUT2D eigenvalue weighted by Crippen LogP contribution is 2.49. The number of aliphatic hydroxyl groups excluding tert-OH is 1. The summed E-state index contributed by atoms with van der Waals surface area (Å²) in [4.78, 5) is 43.0. The molecule has 0 aliphatic carbocycles. The van der Waals surface area contributed by atoms with Gasteiger partial charge in [-0.05, 0) is 18.9 Å². The van der Waals surface area contributed by atoms with Crippen molar-refractivity contribution in [3.05, 3.63) is 11.3 Å². The number of rotatable bonds is 5. The molecule has 2 saturated heterocycles. The Morgan fingerprint density at radius 3 is 2.65 bits per heavy atom. The van der Waals surface area contributed by atoms with Gasteiger partial charge in [0.25, 0.3) is 0 Å². The average molecular weight is 365 g/mol. The van der Waals surface area contributed by atoms with E-state index in [4.69, 9.17) is 11.5 Å². The molecule has 3 aliphatic rings. The average Bonchev–Trinajstić information content (AvgIpc) is 2.84. The lowest BCUT2D eigenvalue weighted by molar-refractivity contribution is -0.163. The van der Waals surface area contributed by atoms with Crippen molar-refractivity contribution in [1.82, 2.24) is 9.80 Å². The molecule has 0 aromatic rings. The Bertz CT molecular complexity index is 712. The van der Waals surface area contributed by atoms with Crippen LogP contribution < -0.4 is 11.5 Å². The lowest BCUT2D eigenvalue weighted by Crippen LogP contribution is -2.64. The molecule has 0 spiro atoms. The van der Waals surface area contributed by atoms with Crippen LogP contribution in [0.4, 0.5) is 0 Å². The summed E-state index contributed by atoms with van der Waals surface area (Å²) in [5.74, 6) is -2.53. The van der Waals surface area contributed by atoms with Crippen LogP contribution in [0.15, 0.2) is 16.3 Å². The molecule has 3 rings (SSSR count). The highest BCUT2D eigenvalue weighted by molar-refractivity contribution is 6.00. The van der Waals surface area contributed by atoms with Gasteiger partial charge in [-0.3, -0.25) is 14.6 Å². The third kappa shape index (κ3) is 2.79. The Morgan fingerprint density at radius 2 is 2.08 bits per heavy atom. The van der Waals surface area contributed by atoms with E-state index in [-0.39, 0.29) is 54.9 Å². The Labute approximate surface area is 150 Å². The fraction of sp³-hybridized carbons (Fsp3) is 0.625. The summed E-state index contributed by atoms with van der Waals surface area (Å²) >= 11 is 0. The third-order valence-electron chi connectivity index (χ3n) is 5.36. The predicted octanol–water partition coefficient (Wildman–Crippen LogP) is -1.94. The molecule has 26 heavy (non-hydrogen) atoms. The van der Waals surface area contributed by atoms with E-state index >= 15 is 0 Å². The van der Waals surface area contributed by atoms with Gasteiger partial charge in [0, 0.05) is 25.4 Å². The van der Waals surface area contributed by atoms with Gasteiger partial charge in [0.2, 0.25) is 11.8 Å². The Balaban J connectivity index is 1.79. The van der Waals surface area contributed by atoms with Crippen molar-refractivity contribution in [2.24, 2.45) is 28.3 Å². The molecule has 0 unspecified atom stereocenters. The van der Waals surface area contributed by atoms with Crippen LogP contribution in [0.25, 0.3) is 0 Å². The van der Waals surface area contributed by atoms with Gasteiger partial charge in [0.1, 0.15) is 5.70 Å². The molecule has 10 nitrogen and oxygen atoms in total. The van der Waals surface area contributed by atoms with Crippen molar-refractivity contribution in [3.8, 4) is 0 Å². The van der Waals surface area contributed by atoms with Gasteiger partial charge >= 0.3 is 5.97 Å². The number of nitrogens with zero attached hydrogens (tertiary/aromatic N) is 3. The number of carbonyl (C=O) groups is 3. The van der Waals surface area contributed by atoms with Crippen molar-refractivity contribution in [2.45, 2.75) is 31.9 Å². The van der Waals surface area contributed by atoms with E-state index < -0.39 is 18.0 Å². The zero-order valence-electron chi connectivity index (χ0n) is 14.5. The highest BCUT2D eigenvalue weighted by atomic mass is 16.4. The summed E-state index contributed by atoms with van der Waals surface area (Å²) in [6, 6.07) is -0.331. The Kier molecular flexibility index (Phi) is 4.61. The summed E-state index contributed by atoms with van der Waals surface area (Å²) in [5, 5.41) is 19.5. The molecule has 0 aromatic carbocycles. The van der Waals surface area contributed by atoms with Crippen molar-refractivity contribution in [1.29, 1.82) is 0 Å². The second kappa shape index (κ2) is 6.60. The molecule has 0 bridgehead atoms. The number of amides is 2. The molecule has 2 amide bonds. The van der Waals surface area contributed by atoms with Crippen LogP contribution in [0, 0.1) is 11.8 Å². The van der Waals surface area contributed by atoms with Crippen molar-refractivity contribution in [2.75, 3.05) is 19.6 Å². The van der Waals surface area contributed by atoms with Crippen molar-refractivity contribution in [3.63, 3.8) is 0 Å². The number of hydrogen-bond acceptors (Lipinski definition) is 5. The number of β-lactam (4-membered cyclic amide) rings is 1. The summed E-state index contributed by atoms with van der Waals surface area (Å²) < 4.78 is 0. The standard InChI is InChI=1S/C16H23N5O5/c1-7(22)11-12-8-3-5-20(10(23)2-4-19-16(17)18)6-9(8)13(15(25)26)21(12)14(11)24/h7-8,11-12,22H,2-6H2,1H3,(H,25,26)(H4,17,18,19)/t7-,8+,11-,12-/m1/s1. The van der Waals surface area contributed by atoms with Crippen LogP contribution in [-0.2, 0) is 14.4 Å². The maximum atomic E-state index is 12.3. The first-order valence-corrected chi connectivity index (χ1v) is 8.54. The van der Waals surface area contributed by atoms with Gasteiger partial charge in [-0.15, -0.1) is 0 Å². The molecular weight excluding hydrogens is 342 g/mol. The fourth-order valence-electron chi connectivity index (χ4n) is 4.26. The van der Waals surface area contributed by atoms with Gasteiger partial charge in [-0.2, -0.15) is 0 Å². The Morgan fingerprint density at radius 1 is 1.38 bits per heavy atom. The van der Waals surface area contributed by atoms with Crippen molar-refractivity contribution >= 4 is 23.7 Å². The number of carboxylic acid groups (broad SMARTS) is 1. The highest BCUT2D eigenvalue weighted by Gasteiger charge is 2.61. The maximum Gasteiger partial charge on any atom is 0.352 e. The summed E-state index contributed by atoms with van der Waals surface area (Å²) in [7, 11) is 0. The minimum Gasteiger partial charge on any atom is -0.477 e. The zero-order chi connectivity index (χ0) is 19.2. The topological polar surface area (TPSA) is 163 Å².